The zero-order valence-corrected chi connectivity index (χ0v) is 16.2. The Morgan fingerprint density at radius 2 is 2.07 bits per heavy atom. The standard InChI is InChI=1S/C22H29N3O2/c1-3-17-7-10-19(11-8-17)25-22(23)24-14-18-9-6-16(2)13-21(18)27-15-20-5-4-12-26-20/h6-11,13,20H,3-5,12,14-15H2,1-2H3,(H3,23,24,25). The van der Waals surface area contributed by atoms with Crippen molar-refractivity contribution in [1.82, 2.24) is 0 Å². The van der Waals surface area contributed by atoms with Gasteiger partial charge in [0.1, 0.15) is 12.4 Å². The van der Waals surface area contributed by atoms with E-state index in [2.05, 4.69) is 42.4 Å². The molecule has 0 radical (unpaired) electrons. The molecule has 0 spiro atoms. The summed E-state index contributed by atoms with van der Waals surface area (Å²) in [5, 5.41) is 3.14. The summed E-state index contributed by atoms with van der Waals surface area (Å²) in [7, 11) is 0. The second-order valence-electron chi connectivity index (χ2n) is 6.93. The fourth-order valence-corrected chi connectivity index (χ4v) is 3.07. The van der Waals surface area contributed by atoms with Crippen LogP contribution >= 0.6 is 0 Å². The lowest BCUT2D eigenvalue weighted by Crippen LogP contribution is -2.22. The molecule has 5 heteroatoms. The minimum absolute atomic E-state index is 0.194. The third-order valence-electron chi connectivity index (χ3n) is 4.73. The Morgan fingerprint density at radius 1 is 1.26 bits per heavy atom. The summed E-state index contributed by atoms with van der Waals surface area (Å²) < 4.78 is 11.7. The lowest BCUT2D eigenvalue weighted by atomic mass is 10.1. The number of aliphatic imine (C=N–C) groups is 1. The van der Waals surface area contributed by atoms with Crippen molar-refractivity contribution in [3.8, 4) is 5.75 Å². The molecule has 0 amide bonds. The second kappa shape index (κ2) is 9.42. The number of guanidine groups is 1. The number of ether oxygens (including phenoxy) is 2. The number of anilines is 1. The van der Waals surface area contributed by atoms with Crippen molar-refractivity contribution in [3.05, 3.63) is 59.2 Å². The first-order chi connectivity index (χ1) is 13.1. The molecular weight excluding hydrogens is 338 g/mol. The first kappa shape index (κ1) is 19.2. The van der Waals surface area contributed by atoms with Crippen molar-refractivity contribution in [3.63, 3.8) is 0 Å². The molecule has 1 unspecified atom stereocenters. The molecule has 0 bridgehead atoms. The van der Waals surface area contributed by atoms with E-state index in [0.717, 1.165) is 48.4 Å². The normalized spacial score (nSPS) is 17.1. The lowest BCUT2D eigenvalue weighted by molar-refractivity contribution is 0.0676. The summed E-state index contributed by atoms with van der Waals surface area (Å²) in [5.41, 5.74) is 10.5. The minimum atomic E-state index is 0.194. The Kier molecular flexibility index (Phi) is 6.71. The Labute approximate surface area is 161 Å². The Morgan fingerprint density at radius 3 is 2.78 bits per heavy atom. The van der Waals surface area contributed by atoms with E-state index < -0.39 is 0 Å². The lowest BCUT2D eigenvalue weighted by Gasteiger charge is -2.15. The highest BCUT2D eigenvalue weighted by atomic mass is 16.5. The highest BCUT2D eigenvalue weighted by molar-refractivity contribution is 5.92. The molecule has 1 aliphatic rings. The van der Waals surface area contributed by atoms with Gasteiger partial charge in [-0.05, 0) is 55.5 Å². The molecule has 5 nitrogen and oxygen atoms in total. The number of hydrogen-bond donors (Lipinski definition) is 2. The van der Waals surface area contributed by atoms with Gasteiger partial charge < -0.3 is 20.5 Å². The maximum Gasteiger partial charge on any atom is 0.193 e. The molecule has 1 aliphatic heterocycles. The molecule has 0 aliphatic carbocycles. The molecule has 2 aromatic rings. The molecule has 1 atom stereocenters. The quantitative estimate of drug-likeness (QED) is 0.572. The van der Waals surface area contributed by atoms with Crippen LogP contribution in [0.4, 0.5) is 5.69 Å². The van der Waals surface area contributed by atoms with Crippen LogP contribution in [0.3, 0.4) is 0 Å². The SMILES string of the molecule is CCc1ccc(NC(N)=NCc2ccc(C)cc2OCC2CCCO2)cc1. The van der Waals surface area contributed by atoms with Crippen LogP contribution in [0.25, 0.3) is 0 Å². The van der Waals surface area contributed by atoms with Crippen molar-refractivity contribution in [2.24, 2.45) is 10.7 Å². The van der Waals surface area contributed by atoms with Gasteiger partial charge in [-0.15, -0.1) is 0 Å². The molecule has 144 valence electrons. The molecule has 0 aromatic heterocycles. The van der Waals surface area contributed by atoms with Gasteiger partial charge in [-0.3, -0.25) is 0 Å². The second-order valence-corrected chi connectivity index (χ2v) is 6.93. The number of rotatable bonds is 7. The van der Waals surface area contributed by atoms with Gasteiger partial charge >= 0.3 is 0 Å². The van der Waals surface area contributed by atoms with E-state index in [0.29, 0.717) is 19.1 Å². The predicted octanol–water partition coefficient (Wildman–Crippen LogP) is 4.04. The van der Waals surface area contributed by atoms with Gasteiger partial charge in [0.25, 0.3) is 0 Å². The van der Waals surface area contributed by atoms with Crippen molar-refractivity contribution >= 4 is 11.6 Å². The van der Waals surface area contributed by atoms with Crippen molar-refractivity contribution in [2.75, 3.05) is 18.5 Å². The van der Waals surface area contributed by atoms with Crippen molar-refractivity contribution in [1.29, 1.82) is 0 Å². The van der Waals surface area contributed by atoms with Crippen LogP contribution in [0.15, 0.2) is 47.5 Å². The van der Waals surface area contributed by atoms with Crippen LogP contribution in [-0.4, -0.2) is 25.3 Å². The number of nitrogens with two attached hydrogens (primary N) is 1. The summed E-state index contributed by atoms with van der Waals surface area (Å²) in [5.74, 6) is 1.25. The van der Waals surface area contributed by atoms with Gasteiger partial charge in [-0.25, -0.2) is 4.99 Å². The van der Waals surface area contributed by atoms with E-state index in [1.54, 1.807) is 0 Å². The Balaban J connectivity index is 1.61. The number of nitrogens with one attached hydrogen (secondary N) is 1. The van der Waals surface area contributed by atoms with Crippen LogP contribution < -0.4 is 15.8 Å². The molecule has 2 aromatic carbocycles. The van der Waals surface area contributed by atoms with E-state index in [4.69, 9.17) is 15.2 Å². The zero-order valence-electron chi connectivity index (χ0n) is 16.2. The molecule has 3 rings (SSSR count). The largest absolute Gasteiger partial charge is 0.491 e. The van der Waals surface area contributed by atoms with Crippen LogP contribution in [0.1, 0.15) is 36.5 Å². The average Bonchev–Trinajstić information content (AvgIpc) is 3.20. The third-order valence-corrected chi connectivity index (χ3v) is 4.73. The van der Waals surface area contributed by atoms with E-state index in [1.807, 2.05) is 24.3 Å². The van der Waals surface area contributed by atoms with Crippen LogP contribution in [0.2, 0.25) is 0 Å². The summed E-state index contributed by atoms with van der Waals surface area (Å²) in [6.45, 7) is 6.07. The average molecular weight is 367 g/mol. The van der Waals surface area contributed by atoms with E-state index in [1.165, 1.54) is 5.56 Å². The molecular formula is C22H29N3O2. The zero-order chi connectivity index (χ0) is 19.1. The van der Waals surface area contributed by atoms with Crippen molar-refractivity contribution in [2.45, 2.75) is 45.8 Å². The van der Waals surface area contributed by atoms with Gasteiger partial charge in [0.2, 0.25) is 0 Å². The van der Waals surface area contributed by atoms with Crippen molar-refractivity contribution < 1.29 is 9.47 Å². The van der Waals surface area contributed by atoms with Gasteiger partial charge in [0.15, 0.2) is 5.96 Å². The highest BCUT2D eigenvalue weighted by Gasteiger charge is 2.16. The first-order valence-electron chi connectivity index (χ1n) is 9.64. The summed E-state index contributed by atoms with van der Waals surface area (Å²) in [4.78, 5) is 4.47. The Bertz CT molecular complexity index is 766. The topological polar surface area (TPSA) is 68.9 Å². The number of aryl methyl sites for hydroxylation is 2. The molecule has 0 saturated carbocycles. The minimum Gasteiger partial charge on any atom is -0.491 e. The van der Waals surface area contributed by atoms with Gasteiger partial charge in [-0.2, -0.15) is 0 Å². The number of hydrogen-bond acceptors (Lipinski definition) is 3. The molecule has 3 N–H and O–H groups in total. The maximum absolute atomic E-state index is 6.06. The fraction of sp³-hybridized carbons (Fsp3) is 0.409. The summed E-state index contributed by atoms with van der Waals surface area (Å²) in [6.07, 6.45) is 3.39. The first-order valence-corrected chi connectivity index (χ1v) is 9.64. The molecule has 1 saturated heterocycles. The van der Waals surface area contributed by atoms with E-state index >= 15 is 0 Å². The predicted molar refractivity (Wildman–Crippen MR) is 110 cm³/mol. The highest BCUT2D eigenvalue weighted by Crippen LogP contribution is 2.23. The van der Waals surface area contributed by atoms with E-state index in [-0.39, 0.29) is 6.10 Å². The number of benzene rings is 2. The number of nitrogens with zero attached hydrogens (tertiary/aromatic N) is 1. The van der Waals surface area contributed by atoms with Gasteiger partial charge in [0, 0.05) is 17.9 Å². The molecule has 27 heavy (non-hydrogen) atoms. The summed E-state index contributed by atoms with van der Waals surface area (Å²) in [6, 6.07) is 14.4. The van der Waals surface area contributed by atoms with Gasteiger partial charge in [0.05, 0.1) is 12.6 Å². The van der Waals surface area contributed by atoms with Crippen LogP contribution in [0.5, 0.6) is 5.75 Å². The molecule has 1 fully saturated rings. The van der Waals surface area contributed by atoms with Crippen LogP contribution in [-0.2, 0) is 17.7 Å². The van der Waals surface area contributed by atoms with E-state index in [9.17, 15) is 0 Å². The van der Waals surface area contributed by atoms with Gasteiger partial charge in [-0.1, -0.05) is 31.2 Å². The monoisotopic (exact) mass is 367 g/mol. The molecule has 1 heterocycles. The summed E-state index contributed by atoms with van der Waals surface area (Å²) >= 11 is 0. The fourth-order valence-electron chi connectivity index (χ4n) is 3.07. The smallest absolute Gasteiger partial charge is 0.193 e. The third kappa shape index (κ3) is 5.73. The maximum atomic E-state index is 6.06. The Hall–Kier alpha value is -2.53. The van der Waals surface area contributed by atoms with Crippen LogP contribution in [0, 0.1) is 6.92 Å².